The molecule has 4 N–H and O–H groups in total. The molecule has 2 aromatic carbocycles. The van der Waals surface area contributed by atoms with Crippen molar-refractivity contribution in [2.75, 3.05) is 11.9 Å². The lowest BCUT2D eigenvalue weighted by molar-refractivity contribution is -0.140. The third-order valence-corrected chi connectivity index (χ3v) is 3.47. The Balaban J connectivity index is 2.03. The van der Waals surface area contributed by atoms with Crippen LogP contribution in [0.25, 0.3) is 0 Å². The number of carboxylic acid groups (broad SMARTS) is 1. The molecule has 0 aliphatic heterocycles. The number of alkyl halides is 3. The Morgan fingerprint density at radius 2 is 1.68 bits per heavy atom. The van der Waals surface area contributed by atoms with E-state index in [1.54, 1.807) is 0 Å². The number of rotatable bonds is 4. The number of aliphatic hydroxyl groups is 1. The first-order valence-corrected chi connectivity index (χ1v) is 7.89. The molecule has 0 fully saturated rings. The molecule has 1 atom stereocenters. The first kappa shape index (κ1) is 20.8. The van der Waals surface area contributed by atoms with Crippen LogP contribution in [0.15, 0.2) is 48.5 Å². The Labute approximate surface area is 158 Å². The molecule has 0 aliphatic rings. The number of carboxylic acids is 1. The topological polar surface area (TPSA) is 98.7 Å². The number of carbonyl (C=O) groups excluding carboxylic acids is 1. The van der Waals surface area contributed by atoms with Crippen LogP contribution in [0.2, 0.25) is 0 Å². The summed E-state index contributed by atoms with van der Waals surface area (Å²) in [7, 11) is 0. The number of nitrogens with one attached hydrogen (secondary N) is 2. The third kappa shape index (κ3) is 6.03. The number of aliphatic hydroxyl groups excluding tert-OH is 1. The van der Waals surface area contributed by atoms with Gasteiger partial charge in [-0.15, -0.1) is 0 Å². The number of carbonyl (C=O) groups is 2. The summed E-state index contributed by atoms with van der Waals surface area (Å²) in [6, 6.07) is 8.46. The molecule has 0 spiro atoms. The predicted molar refractivity (Wildman–Crippen MR) is 94.5 cm³/mol. The van der Waals surface area contributed by atoms with Crippen molar-refractivity contribution in [1.82, 2.24) is 5.32 Å². The molecule has 2 aromatic rings. The van der Waals surface area contributed by atoms with Gasteiger partial charge in [-0.25, -0.2) is 9.59 Å². The Morgan fingerprint density at radius 1 is 1.04 bits per heavy atom. The molecule has 0 saturated carbocycles. The molecular formula is C19H15F3N2O4. The molecule has 0 heterocycles. The van der Waals surface area contributed by atoms with Gasteiger partial charge >= 0.3 is 18.2 Å². The summed E-state index contributed by atoms with van der Waals surface area (Å²) in [6.45, 7) is -0.757. The number of amides is 2. The lowest BCUT2D eigenvalue weighted by Gasteiger charge is -2.12. The third-order valence-electron chi connectivity index (χ3n) is 3.47. The molecule has 28 heavy (non-hydrogen) atoms. The summed E-state index contributed by atoms with van der Waals surface area (Å²) in [6.07, 6.45) is -4.44. The highest BCUT2D eigenvalue weighted by atomic mass is 19.4. The molecule has 0 aliphatic carbocycles. The molecule has 9 heteroatoms. The van der Waals surface area contributed by atoms with Gasteiger partial charge in [0.2, 0.25) is 0 Å². The maximum Gasteiger partial charge on any atom is 0.416 e. The van der Waals surface area contributed by atoms with Crippen LogP contribution in [0.4, 0.5) is 23.7 Å². The van der Waals surface area contributed by atoms with Crippen LogP contribution in [-0.2, 0) is 11.0 Å². The van der Waals surface area contributed by atoms with Gasteiger partial charge in [0.1, 0.15) is 0 Å². The Kier molecular flexibility index (Phi) is 6.63. The molecule has 0 bridgehead atoms. The van der Waals surface area contributed by atoms with E-state index in [1.165, 1.54) is 36.4 Å². The van der Waals surface area contributed by atoms with Gasteiger partial charge in [0.05, 0.1) is 12.2 Å². The van der Waals surface area contributed by atoms with E-state index in [1.807, 2.05) is 0 Å². The van der Waals surface area contributed by atoms with Crippen LogP contribution in [0, 0.1) is 11.8 Å². The van der Waals surface area contributed by atoms with E-state index in [2.05, 4.69) is 22.5 Å². The minimum Gasteiger partial charge on any atom is -0.480 e. The maximum absolute atomic E-state index is 12.7. The van der Waals surface area contributed by atoms with Crippen molar-refractivity contribution >= 4 is 17.7 Å². The van der Waals surface area contributed by atoms with Gasteiger partial charge in [-0.2, -0.15) is 13.2 Å². The Bertz CT molecular complexity index is 915. The van der Waals surface area contributed by atoms with Crippen molar-refractivity contribution in [3.63, 3.8) is 0 Å². The van der Waals surface area contributed by atoms with Crippen LogP contribution < -0.4 is 10.6 Å². The summed E-state index contributed by atoms with van der Waals surface area (Å²) in [5, 5.41) is 22.1. The van der Waals surface area contributed by atoms with Gasteiger partial charge in [0.15, 0.2) is 6.04 Å². The predicted octanol–water partition coefficient (Wildman–Crippen LogP) is 2.67. The van der Waals surface area contributed by atoms with E-state index < -0.39 is 36.4 Å². The Morgan fingerprint density at radius 3 is 2.25 bits per heavy atom. The number of hydrogen-bond acceptors (Lipinski definition) is 3. The minimum atomic E-state index is -4.44. The smallest absolute Gasteiger partial charge is 0.416 e. The van der Waals surface area contributed by atoms with Crippen molar-refractivity contribution < 1.29 is 33.0 Å². The van der Waals surface area contributed by atoms with Crippen molar-refractivity contribution in [1.29, 1.82) is 0 Å². The highest BCUT2D eigenvalue weighted by Gasteiger charge is 2.30. The lowest BCUT2D eigenvalue weighted by atomic mass is 10.1. The van der Waals surface area contributed by atoms with Crippen molar-refractivity contribution in [3.8, 4) is 11.8 Å². The number of hydrogen-bond donors (Lipinski definition) is 4. The highest BCUT2D eigenvalue weighted by Crippen LogP contribution is 2.29. The zero-order chi connectivity index (χ0) is 20.7. The first-order chi connectivity index (χ1) is 13.2. The van der Waals surface area contributed by atoms with E-state index in [0.717, 1.165) is 12.1 Å². The van der Waals surface area contributed by atoms with Crippen molar-refractivity contribution in [3.05, 3.63) is 65.2 Å². The molecular weight excluding hydrogens is 377 g/mol. The molecule has 2 amide bonds. The second-order valence-corrected chi connectivity index (χ2v) is 5.58. The van der Waals surface area contributed by atoms with E-state index in [9.17, 15) is 22.8 Å². The Hall–Kier alpha value is -3.51. The number of halogens is 3. The fourth-order valence-electron chi connectivity index (χ4n) is 2.07. The van der Waals surface area contributed by atoms with Gasteiger partial charge in [-0.05, 0) is 42.5 Å². The fraction of sp³-hybridized carbons (Fsp3) is 0.158. The zero-order valence-electron chi connectivity index (χ0n) is 14.2. The largest absolute Gasteiger partial charge is 0.480 e. The van der Waals surface area contributed by atoms with Gasteiger partial charge in [-0.3, -0.25) is 0 Å². The van der Waals surface area contributed by atoms with Crippen molar-refractivity contribution in [2.24, 2.45) is 0 Å². The summed E-state index contributed by atoms with van der Waals surface area (Å²) in [5.41, 5.74) is 0.263. The van der Waals surface area contributed by atoms with Gasteiger partial charge in [-0.1, -0.05) is 17.9 Å². The second kappa shape index (κ2) is 8.92. The summed E-state index contributed by atoms with van der Waals surface area (Å²) >= 11 is 0. The summed E-state index contributed by atoms with van der Waals surface area (Å²) in [4.78, 5) is 22.4. The van der Waals surface area contributed by atoms with E-state index >= 15 is 0 Å². The number of benzene rings is 2. The number of aliphatic carboxylic acids is 1. The second-order valence-electron chi connectivity index (χ2n) is 5.58. The van der Waals surface area contributed by atoms with Crippen LogP contribution in [0.3, 0.4) is 0 Å². The van der Waals surface area contributed by atoms with Crippen molar-refractivity contribution in [2.45, 2.75) is 12.2 Å². The quantitative estimate of drug-likeness (QED) is 0.602. The minimum absolute atomic E-state index is 0.208. The van der Waals surface area contributed by atoms with Gasteiger partial charge in [0.25, 0.3) is 0 Å². The summed E-state index contributed by atoms with van der Waals surface area (Å²) < 4.78 is 38.1. The standard InChI is InChI=1S/C19H15F3N2O4/c20-19(21,22)14-3-1-2-13(10-14)5-4-12-6-8-15(9-7-12)23-18(28)24-16(11-25)17(26)27/h1-3,6-10,16,25H,11H2,(H,26,27)(H2,23,24,28). The zero-order valence-corrected chi connectivity index (χ0v) is 14.2. The monoisotopic (exact) mass is 392 g/mol. The van der Waals surface area contributed by atoms with Gasteiger partial charge in [0, 0.05) is 16.8 Å². The van der Waals surface area contributed by atoms with Gasteiger partial charge < -0.3 is 20.8 Å². The molecule has 146 valence electrons. The molecule has 6 nitrogen and oxygen atoms in total. The SMILES string of the molecule is O=C(Nc1ccc(C#Cc2cccc(C(F)(F)F)c2)cc1)NC(CO)C(=O)O. The van der Waals surface area contributed by atoms with E-state index in [-0.39, 0.29) is 5.56 Å². The van der Waals surface area contributed by atoms with Crippen LogP contribution in [0.1, 0.15) is 16.7 Å². The molecule has 1 unspecified atom stereocenters. The van der Waals surface area contributed by atoms with E-state index in [4.69, 9.17) is 10.2 Å². The molecule has 0 aromatic heterocycles. The molecule has 2 rings (SSSR count). The van der Waals surface area contributed by atoms with Crippen LogP contribution in [0.5, 0.6) is 0 Å². The molecule has 0 radical (unpaired) electrons. The average molecular weight is 392 g/mol. The number of anilines is 1. The fourth-order valence-corrected chi connectivity index (χ4v) is 2.07. The number of urea groups is 1. The average Bonchev–Trinajstić information content (AvgIpc) is 2.65. The highest BCUT2D eigenvalue weighted by molar-refractivity contribution is 5.92. The first-order valence-electron chi connectivity index (χ1n) is 7.89. The van der Waals surface area contributed by atoms with Crippen LogP contribution in [-0.4, -0.2) is 34.9 Å². The van der Waals surface area contributed by atoms with E-state index in [0.29, 0.717) is 11.3 Å². The molecule has 0 saturated heterocycles. The normalized spacial score (nSPS) is 11.7. The lowest BCUT2D eigenvalue weighted by Crippen LogP contribution is -2.45. The maximum atomic E-state index is 12.7. The van der Waals surface area contributed by atoms with Crippen LogP contribution >= 0.6 is 0 Å². The summed E-state index contributed by atoms with van der Waals surface area (Å²) in [5.74, 6) is 3.98.